The molecule has 0 amide bonds. The minimum Gasteiger partial charge on any atom is -0.328 e. The van der Waals surface area contributed by atoms with Crippen molar-refractivity contribution >= 4 is 10.9 Å². The average molecular weight is 368 g/mol. The number of fused-ring (bicyclic) bond motifs is 1. The van der Waals surface area contributed by atoms with Crippen LogP contribution in [0.25, 0.3) is 10.9 Å². The van der Waals surface area contributed by atoms with Gasteiger partial charge in [0, 0.05) is 17.1 Å². The highest BCUT2D eigenvalue weighted by Gasteiger charge is 2.36. The van der Waals surface area contributed by atoms with Crippen LogP contribution in [0.1, 0.15) is 38.2 Å². The summed E-state index contributed by atoms with van der Waals surface area (Å²) in [5, 5.41) is 14.0. The third-order valence-electron chi connectivity index (χ3n) is 5.50. The molecular formula is C20H29N7+2. The number of hydrogen-bond donors (Lipinski definition) is 2. The second-order valence-electron chi connectivity index (χ2n) is 8.62. The predicted molar refractivity (Wildman–Crippen MR) is 104 cm³/mol. The van der Waals surface area contributed by atoms with Crippen molar-refractivity contribution in [3.8, 4) is 0 Å². The van der Waals surface area contributed by atoms with Crippen molar-refractivity contribution in [3.63, 3.8) is 0 Å². The molecule has 27 heavy (non-hydrogen) atoms. The van der Waals surface area contributed by atoms with Gasteiger partial charge in [0.1, 0.15) is 26.2 Å². The van der Waals surface area contributed by atoms with Gasteiger partial charge in [0.25, 0.3) is 0 Å². The second-order valence-corrected chi connectivity index (χ2v) is 8.62. The maximum absolute atomic E-state index is 4.49. The fraction of sp³-hybridized carbons (Fsp3) is 0.500. The van der Waals surface area contributed by atoms with E-state index in [-0.39, 0.29) is 11.6 Å². The Bertz CT molecular complexity index is 919. The molecule has 7 heteroatoms. The monoisotopic (exact) mass is 367 g/mol. The first-order chi connectivity index (χ1) is 12.9. The molecule has 0 aliphatic carbocycles. The van der Waals surface area contributed by atoms with Gasteiger partial charge in [-0.2, -0.15) is 0 Å². The van der Waals surface area contributed by atoms with Crippen molar-refractivity contribution in [3.05, 3.63) is 47.9 Å². The zero-order valence-corrected chi connectivity index (χ0v) is 16.6. The molecule has 0 spiro atoms. The Morgan fingerprint density at radius 2 is 1.85 bits per heavy atom. The highest BCUT2D eigenvalue weighted by atomic mass is 15.6. The van der Waals surface area contributed by atoms with Crippen molar-refractivity contribution in [2.24, 2.45) is 0 Å². The normalized spacial score (nSPS) is 22.1. The summed E-state index contributed by atoms with van der Waals surface area (Å²) in [6.07, 6.45) is 1.84. The van der Waals surface area contributed by atoms with Gasteiger partial charge < -0.3 is 9.80 Å². The molecule has 3 aromatic rings. The molecule has 1 atom stereocenters. The van der Waals surface area contributed by atoms with Crippen LogP contribution in [0.2, 0.25) is 0 Å². The van der Waals surface area contributed by atoms with E-state index in [4.69, 9.17) is 0 Å². The summed E-state index contributed by atoms with van der Waals surface area (Å²) in [7, 11) is 2.27. The van der Waals surface area contributed by atoms with Gasteiger partial charge in [0.05, 0.1) is 18.1 Å². The van der Waals surface area contributed by atoms with E-state index in [9.17, 15) is 0 Å². The van der Waals surface area contributed by atoms with Crippen LogP contribution in [-0.2, 0) is 5.54 Å². The van der Waals surface area contributed by atoms with Crippen LogP contribution in [-0.4, -0.2) is 58.4 Å². The number of benzene rings is 1. The smallest absolute Gasteiger partial charge is 0.214 e. The lowest BCUT2D eigenvalue weighted by molar-refractivity contribution is -1.02. The molecule has 1 saturated heterocycles. The molecule has 0 unspecified atom stereocenters. The molecule has 1 aliphatic heterocycles. The lowest BCUT2D eigenvalue weighted by atomic mass is 10.00. The second kappa shape index (κ2) is 6.98. The van der Waals surface area contributed by atoms with Crippen LogP contribution in [0.15, 0.2) is 36.5 Å². The van der Waals surface area contributed by atoms with Crippen molar-refractivity contribution in [2.45, 2.75) is 32.4 Å². The summed E-state index contributed by atoms with van der Waals surface area (Å²) in [6.45, 7) is 11.0. The number of likely N-dealkylation sites (N-methyl/N-ethyl adjacent to an activating group) is 1. The van der Waals surface area contributed by atoms with Gasteiger partial charge in [-0.05, 0) is 49.4 Å². The Hall–Kier alpha value is -2.38. The number of nitrogens with one attached hydrogen (secondary N) is 2. The maximum Gasteiger partial charge on any atom is 0.214 e. The van der Waals surface area contributed by atoms with Crippen molar-refractivity contribution < 1.29 is 9.80 Å². The topological polar surface area (TPSA) is 65.4 Å². The van der Waals surface area contributed by atoms with Gasteiger partial charge >= 0.3 is 0 Å². The summed E-state index contributed by atoms with van der Waals surface area (Å²) < 4.78 is 1.99. The van der Waals surface area contributed by atoms with Crippen molar-refractivity contribution in [1.82, 2.24) is 25.2 Å². The predicted octanol–water partition coefficient (Wildman–Crippen LogP) is -0.521. The maximum atomic E-state index is 4.49. The molecule has 7 nitrogen and oxygen atoms in total. The molecular weight excluding hydrogens is 338 g/mol. The fourth-order valence-electron chi connectivity index (χ4n) is 3.98. The number of nitrogens with zero attached hydrogens (tertiary/aromatic N) is 5. The summed E-state index contributed by atoms with van der Waals surface area (Å²) in [5.74, 6) is 0.945. The summed E-state index contributed by atoms with van der Waals surface area (Å²) >= 11 is 0. The first-order valence-electron chi connectivity index (χ1n) is 9.73. The van der Waals surface area contributed by atoms with Crippen LogP contribution < -0.4 is 9.80 Å². The van der Waals surface area contributed by atoms with Crippen LogP contribution in [0, 0.1) is 0 Å². The molecule has 1 aromatic carbocycles. The molecule has 2 N–H and O–H groups in total. The highest BCUT2D eigenvalue weighted by Crippen LogP contribution is 2.24. The molecule has 1 fully saturated rings. The number of hydrogen-bond acceptors (Lipinski definition) is 4. The van der Waals surface area contributed by atoms with Crippen LogP contribution >= 0.6 is 0 Å². The van der Waals surface area contributed by atoms with Crippen LogP contribution in [0.3, 0.4) is 0 Å². The zero-order chi connectivity index (χ0) is 19.0. The Kier molecular flexibility index (Phi) is 4.65. The molecule has 0 saturated carbocycles. The van der Waals surface area contributed by atoms with Crippen molar-refractivity contribution in [1.29, 1.82) is 0 Å². The third kappa shape index (κ3) is 3.57. The summed E-state index contributed by atoms with van der Waals surface area (Å²) in [5.41, 5.74) is 2.12. The van der Waals surface area contributed by atoms with Crippen molar-refractivity contribution in [2.75, 3.05) is 33.2 Å². The SMILES string of the molecule is C[NH+]1CC[NH+]([C@@H](c2ccc3ncccc3c2)c2nnnn2C(C)(C)C)CC1. The minimum absolute atomic E-state index is 0.122. The Balaban J connectivity index is 1.82. The standard InChI is InChI=1S/C20H27N7/c1-20(2,3)27-19(22-23-24-27)18(26-12-10-25(4)11-13-26)16-7-8-17-15(14-16)6-5-9-21-17/h5-9,14,18H,10-13H2,1-4H3/p+2/t18-/m0/s1. The molecule has 0 bridgehead atoms. The average Bonchev–Trinajstić information content (AvgIpc) is 3.13. The molecule has 2 aromatic heterocycles. The minimum atomic E-state index is -0.160. The lowest BCUT2D eigenvalue weighted by Crippen LogP contribution is -3.27. The third-order valence-corrected chi connectivity index (χ3v) is 5.50. The van der Waals surface area contributed by atoms with Gasteiger partial charge in [-0.15, -0.1) is 5.10 Å². The highest BCUT2D eigenvalue weighted by molar-refractivity contribution is 5.79. The van der Waals surface area contributed by atoms with Gasteiger partial charge in [0.2, 0.25) is 5.82 Å². The number of quaternary nitrogens is 2. The Morgan fingerprint density at radius 3 is 2.59 bits per heavy atom. The Morgan fingerprint density at radius 1 is 1.07 bits per heavy atom. The number of piperazine rings is 1. The summed E-state index contributed by atoms with van der Waals surface area (Å²) in [6, 6.07) is 10.8. The first kappa shape index (κ1) is 18.0. The van der Waals surface area contributed by atoms with Gasteiger partial charge in [0.15, 0.2) is 6.04 Å². The largest absolute Gasteiger partial charge is 0.328 e. The van der Waals surface area contributed by atoms with E-state index in [1.165, 1.54) is 10.5 Å². The number of aromatic nitrogens is 5. The van der Waals surface area contributed by atoms with E-state index in [1.54, 1.807) is 4.90 Å². The number of tetrazole rings is 1. The van der Waals surface area contributed by atoms with Gasteiger partial charge in [-0.1, -0.05) is 12.1 Å². The van der Waals surface area contributed by atoms with E-state index >= 15 is 0 Å². The first-order valence-corrected chi connectivity index (χ1v) is 9.73. The molecule has 3 heterocycles. The van der Waals surface area contributed by atoms with Crippen LogP contribution in [0.5, 0.6) is 0 Å². The molecule has 142 valence electrons. The fourth-order valence-corrected chi connectivity index (χ4v) is 3.98. The van der Waals surface area contributed by atoms with E-state index in [0.717, 1.165) is 42.9 Å². The summed E-state index contributed by atoms with van der Waals surface area (Å²) in [4.78, 5) is 7.59. The quantitative estimate of drug-likeness (QED) is 0.654. The van der Waals surface area contributed by atoms with Gasteiger partial charge in [-0.3, -0.25) is 4.98 Å². The Labute approximate surface area is 160 Å². The van der Waals surface area contributed by atoms with E-state index in [2.05, 4.69) is 72.6 Å². The van der Waals surface area contributed by atoms with E-state index in [0.29, 0.717) is 0 Å². The molecule has 1 aliphatic rings. The van der Waals surface area contributed by atoms with E-state index < -0.39 is 0 Å². The molecule has 0 radical (unpaired) electrons. The zero-order valence-electron chi connectivity index (χ0n) is 16.6. The lowest BCUT2D eigenvalue weighted by Gasteiger charge is -2.34. The number of rotatable bonds is 3. The number of pyridine rings is 1. The molecule has 4 rings (SSSR count). The van der Waals surface area contributed by atoms with Gasteiger partial charge in [-0.25, -0.2) is 4.68 Å². The van der Waals surface area contributed by atoms with E-state index in [1.807, 2.05) is 16.9 Å². The van der Waals surface area contributed by atoms with Crippen LogP contribution in [0.4, 0.5) is 0 Å².